The van der Waals surface area contributed by atoms with Crippen molar-refractivity contribution in [2.24, 2.45) is 4.99 Å². The van der Waals surface area contributed by atoms with Crippen LogP contribution in [0.2, 0.25) is 0 Å². The van der Waals surface area contributed by atoms with Crippen LogP contribution in [0, 0.1) is 0 Å². The number of amidine groups is 1. The molecular formula is C22H21N5O. The Morgan fingerprint density at radius 1 is 1.04 bits per heavy atom. The lowest BCUT2D eigenvalue weighted by atomic mass is 10.2. The van der Waals surface area contributed by atoms with E-state index in [0.717, 1.165) is 35.5 Å². The van der Waals surface area contributed by atoms with Gasteiger partial charge in [-0.25, -0.2) is 4.98 Å². The highest BCUT2D eigenvalue weighted by Crippen LogP contribution is 2.21. The first-order chi connectivity index (χ1) is 13.8. The van der Waals surface area contributed by atoms with Gasteiger partial charge in [0, 0.05) is 29.9 Å². The average molecular weight is 371 g/mol. The Balaban J connectivity index is 1.27. The minimum atomic E-state index is -0.145. The number of H-pyrrole nitrogens is 1. The van der Waals surface area contributed by atoms with E-state index in [1.165, 1.54) is 18.5 Å². The normalized spacial score (nSPS) is 16.4. The highest BCUT2D eigenvalue weighted by molar-refractivity contribution is 6.14. The van der Waals surface area contributed by atoms with Crippen molar-refractivity contribution in [1.29, 1.82) is 0 Å². The number of nitrogens with zero attached hydrogens (tertiary/aromatic N) is 3. The number of aromatic amines is 1. The third-order valence-electron chi connectivity index (χ3n) is 5.27. The number of benzene rings is 2. The number of hydrogen-bond acceptors (Lipinski definition) is 4. The second kappa shape index (κ2) is 6.96. The van der Waals surface area contributed by atoms with E-state index in [2.05, 4.69) is 25.2 Å². The van der Waals surface area contributed by atoms with Crippen LogP contribution in [0.1, 0.15) is 29.0 Å². The molecule has 0 unspecified atom stereocenters. The molecule has 5 rings (SSSR count). The molecule has 0 bridgehead atoms. The van der Waals surface area contributed by atoms with E-state index < -0.39 is 0 Å². The van der Waals surface area contributed by atoms with Crippen molar-refractivity contribution in [3.63, 3.8) is 0 Å². The maximum absolute atomic E-state index is 12.6. The van der Waals surface area contributed by atoms with E-state index >= 15 is 0 Å². The maximum atomic E-state index is 12.6. The smallest absolute Gasteiger partial charge is 0.256 e. The van der Waals surface area contributed by atoms with Crippen molar-refractivity contribution >= 4 is 34.0 Å². The zero-order valence-corrected chi connectivity index (χ0v) is 15.5. The van der Waals surface area contributed by atoms with Gasteiger partial charge in [-0.3, -0.25) is 9.79 Å². The van der Waals surface area contributed by atoms with E-state index in [0.29, 0.717) is 17.9 Å². The molecule has 0 aliphatic carbocycles. The standard InChI is InChI=1S/C22H21N5O/c28-22(15-7-9-17(10-8-15)27-11-3-4-12-27)26-20-13-16(14-23-20)21-24-18-5-1-2-6-19(18)25-21/h1-2,5-10,13H,3-4,11-12,14H2,(H,24,25)(H,23,26,28). The number of fused-ring (bicyclic) bond motifs is 1. The number of para-hydroxylation sites is 2. The molecule has 3 aromatic rings. The lowest BCUT2D eigenvalue weighted by Gasteiger charge is -2.17. The number of anilines is 1. The number of rotatable bonds is 3. The summed E-state index contributed by atoms with van der Waals surface area (Å²) in [6, 6.07) is 15.7. The molecule has 28 heavy (non-hydrogen) atoms. The van der Waals surface area contributed by atoms with Crippen LogP contribution in [0.5, 0.6) is 0 Å². The Morgan fingerprint density at radius 3 is 2.61 bits per heavy atom. The molecule has 2 aromatic carbocycles. The molecule has 0 atom stereocenters. The highest BCUT2D eigenvalue weighted by Gasteiger charge is 2.17. The van der Waals surface area contributed by atoms with Gasteiger partial charge < -0.3 is 15.2 Å². The van der Waals surface area contributed by atoms with Crippen molar-refractivity contribution in [1.82, 2.24) is 15.3 Å². The molecule has 2 aliphatic heterocycles. The fourth-order valence-electron chi connectivity index (χ4n) is 3.74. The number of amides is 1. The summed E-state index contributed by atoms with van der Waals surface area (Å²) < 4.78 is 0. The SMILES string of the molecule is O=C(NC1=NCC(c2nc3ccccc3[nH]2)=C1)c1ccc(N2CCCC2)cc1. The molecule has 0 radical (unpaired) electrons. The predicted octanol–water partition coefficient (Wildman–Crippen LogP) is 3.39. The number of carbonyl (C=O) groups is 1. The van der Waals surface area contributed by atoms with Crippen molar-refractivity contribution < 1.29 is 4.79 Å². The molecule has 1 saturated heterocycles. The van der Waals surface area contributed by atoms with Crippen molar-refractivity contribution in [2.75, 3.05) is 24.5 Å². The number of aliphatic imine (C=N–C) groups is 1. The average Bonchev–Trinajstić information content (AvgIpc) is 3.47. The van der Waals surface area contributed by atoms with Gasteiger partial charge in [0.05, 0.1) is 17.6 Å². The van der Waals surface area contributed by atoms with Crippen molar-refractivity contribution in [2.45, 2.75) is 12.8 Å². The molecule has 0 spiro atoms. The van der Waals surface area contributed by atoms with Gasteiger partial charge in [0.25, 0.3) is 5.91 Å². The van der Waals surface area contributed by atoms with Crippen molar-refractivity contribution in [3.05, 3.63) is 66.0 Å². The van der Waals surface area contributed by atoms with Gasteiger partial charge in [0.15, 0.2) is 0 Å². The molecule has 0 saturated carbocycles. The Labute approximate surface area is 163 Å². The first-order valence-electron chi connectivity index (χ1n) is 9.63. The lowest BCUT2D eigenvalue weighted by molar-refractivity contribution is 0.0977. The first kappa shape index (κ1) is 16.7. The van der Waals surface area contributed by atoms with E-state index in [9.17, 15) is 4.79 Å². The van der Waals surface area contributed by atoms with Crippen LogP contribution >= 0.6 is 0 Å². The van der Waals surface area contributed by atoms with E-state index in [-0.39, 0.29) is 5.91 Å². The topological polar surface area (TPSA) is 73.4 Å². The fraction of sp³-hybridized carbons (Fsp3) is 0.227. The van der Waals surface area contributed by atoms with E-state index in [1.54, 1.807) is 0 Å². The van der Waals surface area contributed by atoms with Gasteiger partial charge >= 0.3 is 0 Å². The number of carbonyl (C=O) groups excluding carboxylic acids is 1. The Hall–Kier alpha value is -3.41. The van der Waals surface area contributed by atoms with Gasteiger partial charge in [0.2, 0.25) is 0 Å². The van der Waals surface area contributed by atoms with Crippen LogP contribution in [-0.2, 0) is 0 Å². The summed E-state index contributed by atoms with van der Waals surface area (Å²) in [4.78, 5) is 27.3. The molecule has 6 heteroatoms. The second-order valence-electron chi connectivity index (χ2n) is 7.17. The van der Waals surface area contributed by atoms with Gasteiger partial charge in [-0.15, -0.1) is 0 Å². The summed E-state index contributed by atoms with van der Waals surface area (Å²) >= 11 is 0. The Morgan fingerprint density at radius 2 is 1.82 bits per heavy atom. The summed E-state index contributed by atoms with van der Waals surface area (Å²) in [6.07, 6.45) is 4.36. The number of nitrogens with one attached hydrogen (secondary N) is 2. The third kappa shape index (κ3) is 3.17. The molecule has 1 amide bonds. The van der Waals surface area contributed by atoms with E-state index in [1.807, 2.05) is 54.6 Å². The maximum Gasteiger partial charge on any atom is 0.256 e. The summed E-state index contributed by atoms with van der Waals surface area (Å²) in [5, 5.41) is 2.90. The highest BCUT2D eigenvalue weighted by atomic mass is 16.1. The Bertz CT molecular complexity index is 1050. The summed E-state index contributed by atoms with van der Waals surface area (Å²) in [7, 11) is 0. The lowest BCUT2D eigenvalue weighted by Crippen LogP contribution is -2.28. The molecule has 3 heterocycles. The first-order valence-corrected chi connectivity index (χ1v) is 9.63. The third-order valence-corrected chi connectivity index (χ3v) is 5.27. The van der Waals surface area contributed by atoms with Gasteiger partial charge in [-0.1, -0.05) is 12.1 Å². The van der Waals surface area contributed by atoms with Gasteiger partial charge in [-0.2, -0.15) is 0 Å². The van der Waals surface area contributed by atoms with Crippen LogP contribution in [0.25, 0.3) is 16.6 Å². The van der Waals surface area contributed by atoms with E-state index in [4.69, 9.17) is 0 Å². The van der Waals surface area contributed by atoms with Gasteiger partial charge in [-0.05, 0) is 55.3 Å². The minimum Gasteiger partial charge on any atom is -0.372 e. The monoisotopic (exact) mass is 371 g/mol. The van der Waals surface area contributed by atoms with Crippen LogP contribution in [0.4, 0.5) is 5.69 Å². The Kier molecular flexibility index (Phi) is 4.16. The quantitative estimate of drug-likeness (QED) is 0.741. The second-order valence-corrected chi connectivity index (χ2v) is 7.17. The largest absolute Gasteiger partial charge is 0.372 e. The zero-order chi connectivity index (χ0) is 18.9. The summed E-state index contributed by atoms with van der Waals surface area (Å²) in [5.41, 5.74) is 4.70. The number of imidazole rings is 1. The van der Waals surface area contributed by atoms with Crippen LogP contribution in [-0.4, -0.2) is 41.3 Å². The molecule has 2 aliphatic rings. The van der Waals surface area contributed by atoms with Crippen LogP contribution in [0.3, 0.4) is 0 Å². The molecule has 140 valence electrons. The molecule has 1 fully saturated rings. The van der Waals surface area contributed by atoms with Crippen molar-refractivity contribution in [3.8, 4) is 0 Å². The fourth-order valence-corrected chi connectivity index (χ4v) is 3.74. The summed E-state index contributed by atoms with van der Waals surface area (Å²) in [5.74, 6) is 1.22. The summed E-state index contributed by atoms with van der Waals surface area (Å²) in [6.45, 7) is 2.69. The molecule has 1 aromatic heterocycles. The van der Waals surface area contributed by atoms with Crippen LogP contribution in [0.15, 0.2) is 59.6 Å². The zero-order valence-electron chi connectivity index (χ0n) is 15.5. The number of hydrogen-bond donors (Lipinski definition) is 2. The predicted molar refractivity (Wildman–Crippen MR) is 112 cm³/mol. The molecule has 2 N–H and O–H groups in total. The molecule has 6 nitrogen and oxygen atoms in total. The van der Waals surface area contributed by atoms with Crippen LogP contribution < -0.4 is 10.2 Å². The van der Waals surface area contributed by atoms with Gasteiger partial charge in [0.1, 0.15) is 11.7 Å². The molecular weight excluding hydrogens is 350 g/mol. The minimum absolute atomic E-state index is 0.145. The number of aromatic nitrogens is 2.